The Morgan fingerprint density at radius 3 is 3.00 bits per heavy atom. The van der Waals surface area contributed by atoms with E-state index in [-0.39, 0.29) is 12.6 Å². The molecular weight excluding hydrogens is 168 g/mol. The van der Waals surface area contributed by atoms with Crippen LogP contribution in [0.5, 0.6) is 5.75 Å². The highest BCUT2D eigenvalue weighted by Crippen LogP contribution is 2.06. The second-order valence-corrected chi connectivity index (χ2v) is 2.43. The van der Waals surface area contributed by atoms with Crippen LogP contribution in [0.15, 0.2) is 24.3 Å². The normalized spacial score (nSPS) is 9.31. The van der Waals surface area contributed by atoms with Crippen molar-refractivity contribution in [1.82, 2.24) is 0 Å². The van der Waals surface area contributed by atoms with E-state index in [9.17, 15) is 4.79 Å². The molecule has 0 aliphatic heterocycles. The minimum Gasteiger partial charge on any atom is -0.490 e. The fourth-order valence-corrected chi connectivity index (χ4v) is 0.812. The molecule has 0 spiro atoms. The van der Waals surface area contributed by atoms with Crippen molar-refractivity contribution in [3.05, 3.63) is 30.3 Å². The summed E-state index contributed by atoms with van der Waals surface area (Å²) in [7, 11) is 0. The van der Waals surface area contributed by atoms with Crippen LogP contribution >= 0.6 is 0 Å². The molecule has 1 aromatic carbocycles. The molecule has 0 heterocycles. The number of hydrogen-bond donors (Lipinski definition) is 0. The minimum absolute atomic E-state index is 0.282. The van der Waals surface area contributed by atoms with Gasteiger partial charge in [-0.15, -0.1) is 0 Å². The van der Waals surface area contributed by atoms with Crippen LogP contribution in [0.4, 0.5) is 0 Å². The van der Waals surface area contributed by atoms with E-state index < -0.39 is 0 Å². The van der Waals surface area contributed by atoms with Crippen molar-refractivity contribution in [2.45, 2.75) is 6.92 Å². The number of hydrogen-bond acceptors (Lipinski definition) is 3. The molecule has 1 aromatic rings. The van der Waals surface area contributed by atoms with Gasteiger partial charge in [0.1, 0.15) is 19.0 Å². The third-order valence-electron chi connectivity index (χ3n) is 1.34. The molecule has 0 N–H and O–H groups in total. The van der Waals surface area contributed by atoms with E-state index in [0.29, 0.717) is 6.61 Å². The third-order valence-corrected chi connectivity index (χ3v) is 1.34. The Kier molecular flexibility index (Phi) is 3.82. The minimum atomic E-state index is -0.289. The molecule has 0 unspecified atom stereocenters. The maximum Gasteiger partial charge on any atom is 0.302 e. The predicted molar refractivity (Wildman–Crippen MR) is 47.4 cm³/mol. The second-order valence-electron chi connectivity index (χ2n) is 2.43. The Labute approximate surface area is 77.3 Å². The van der Waals surface area contributed by atoms with E-state index in [0.717, 1.165) is 5.75 Å². The second kappa shape index (κ2) is 5.19. The topological polar surface area (TPSA) is 35.5 Å². The number of esters is 1. The first kappa shape index (κ1) is 9.58. The highest BCUT2D eigenvalue weighted by atomic mass is 16.6. The first-order chi connectivity index (χ1) is 6.29. The highest BCUT2D eigenvalue weighted by molar-refractivity contribution is 5.65. The van der Waals surface area contributed by atoms with Crippen LogP contribution in [0.3, 0.4) is 0 Å². The number of benzene rings is 1. The molecule has 3 heteroatoms. The maximum absolute atomic E-state index is 10.4. The molecule has 0 bridgehead atoms. The average molecular weight is 179 g/mol. The summed E-state index contributed by atoms with van der Waals surface area (Å²) >= 11 is 0. The molecule has 13 heavy (non-hydrogen) atoms. The van der Waals surface area contributed by atoms with E-state index in [4.69, 9.17) is 4.74 Å². The van der Waals surface area contributed by atoms with Gasteiger partial charge in [-0.05, 0) is 18.2 Å². The molecular formula is C10H11O3. The van der Waals surface area contributed by atoms with Crippen LogP contribution in [0.25, 0.3) is 0 Å². The average Bonchev–Trinajstić information content (AvgIpc) is 2.14. The van der Waals surface area contributed by atoms with Gasteiger partial charge in [-0.1, -0.05) is 12.1 Å². The number of ether oxygens (including phenoxy) is 2. The van der Waals surface area contributed by atoms with Crippen LogP contribution in [-0.2, 0) is 9.53 Å². The van der Waals surface area contributed by atoms with Crippen molar-refractivity contribution in [2.75, 3.05) is 13.2 Å². The van der Waals surface area contributed by atoms with Gasteiger partial charge in [0.2, 0.25) is 0 Å². The summed E-state index contributed by atoms with van der Waals surface area (Å²) in [5, 5.41) is 0. The van der Waals surface area contributed by atoms with Crippen molar-refractivity contribution in [2.24, 2.45) is 0 Å². The summed E-state index contributed by atoms with van der Waals surface area (Å²) in [5.41, 5.74) is 0. The van der Waals surface area contributed by atoms with Crippen LogP contribution < -0.4 is 4.74 Å². The Morgan fingerprint density at radius 2 is 2.38 bits per heavy atom. The van der Waals surface area contributed by atoms with Crippen molar-refractivity contribution in [1.29, 1.82) is 0 Å². The van der Waals surface area contributed by atoms with Gasteiger partial charge >= 0.3 is 5.97 Å². The summed E-state index contributed by atoms with van der Waals surface area (Å²) in [6, 6.07) is 10.1. The predicted octanol–water partition coefficient (Wildman–Crippen LogP) is 1.43. The summed E-state index contributed by atoms with van der Waals surface area (Å²) in [6.07, 6.45) is 0. The van der Waals surface area contributed by atoms with Gasteiger partial charge in [0.15, 0.2) is 0 Å². The first-order valence-electron chi connectivity index (χ1n) is 4.01. The third kappa shape index (κ3) is 4.15. The van der Waals surface area contributed by atoms with Crippen LogP contribution in [-0.4, -0.2) is 19.2 Å². The van der Waals surface area contributed by atoms with Gasteiger partial charge < -0.3 is 9.47 Å². The van der Waals surface area contributed by atoms with Crippen molar-refractivity contribution in [3.63, 3.8) is 0 Å². The SMILES string of the molecule is CC(=O)OCCOc1c[c]ccc1. The van der Waals surface area contributed by atoms with Crippen LogP contribution in [0.2, 0.25) is 0 Å². The Morgan fingerprint density at radius 1 is 1.54 bits per heavy atom. The lowest BCUT2D eigenvalue weighted by Crippen LogP contribution is -2.09. The Balaban J connectivity index is 2.17. The first-order valence-corrected chi connectivity index (χ1v) is 4.01. The fourth-order valence-electron chi connectivity index (χ4n) is 0.812. The molecule has 0 atom stereocenters. The molecule has 0 aliphatic rings. The van der Waals surface area contributed by atoms with E-state index in [2.05, 4.69) is 10.8 Å². The van der Waals surface area contributed by atoms with Crippen LogP contribution in [0.1, 0.15) is 6.92 Å². The zero-order valence-corrected chi connectivity index (χ0v) is 7.45. The number of carbonyl (C=O) groups is 1. The molecule has 3 nitrogen and oxygen atoms in total. The largest absolute Gasteiger partial charge is 0.490 e. The summed E-state index contributed by atoms with van der Waals surface area (Å²) in [4.78, 5) is 10.4. The summed E-state index contributed by atoms with van der Waals surface area (Å²) in [6.45, 7) is 2.03. The standard InChI is InChI=1S/C10H11O3/c1-9(11)12-7-8-13-10-5-3-2-4-6-10/h2-3,5-6H,7-8H2,1H3. The lowest BCUT2D eigenvalue weighted by Gasteiger charge is -2.04. The van der Waals surface area contributed by atoms with Crippen molar-refractivity contribution >= 4 is 5.97 Å². The molecule has 0 aliphatic carbocycles. The number of carbonyl (C=O) groups excluding carboxylic acids is 1. The lowest BCUT2D eigenvalue weighted by molar-refractivity contribution is -0.141. The molecule has 0 fully saturated rings. The number of rotatable bonds is 4. The molecule has 0 saturated carbocycles. The smallest absolute Gasteiger partial charge is 0.302 e. The Hall–Kier alpha value is -1.51. The van der Waals surface area contributed by atoms with Gasteiger partial charge in [0.05, 0.1) is 0 Å². The molecule has 0 amide bonds. The lowest BCUT2D eigenvalue weighted by atomic mass is 10.3. The molecule has 1 rings (SSSR count). The Bertz CT molecular complexity index is 256. The highest BCUT2D eigenvalue weighted by Gasteiger charge is 1.93. The molecule has 69 valence electrons. The zero-order valence-electron chi connectivity index (χ0n) is 7.45. The van der Waals surface area contributed by atoms with Crippen molar-refractivity contribution in [3.8, 4) is 5.75 Å². The monoisotopic (exact) mass is 179 g/mol. The zero-order chi connectivity index (χ0) is 9.52. The molecule has 0 saturated heterocycles. The van der Waals surface area contributed by atoms with E-state index in [1.54, 1.807) is 12.1 Å². The van der Waals surface area contributed by atoms with Gasteiger partial charge in [0.25, 0.3) is 0 Å². The fraction of sp³-hybridized carbons (Fsp3) is 0.300. The van der Waals surface area contributed by atoms with Gasteiger partial charge in [0, 0.05) is 6.92 Å². The van der Waals surface area contributed by atoms with Gasteiger partial charge in [-0.3, -0.25) is 4.79 Å². The van der Waals surface area contributed by atoms with Gasteiger partial charge in [-0.2, -0.15) is 0 Å². The quantitative estimate of drug-likeness (QED) is 0.518. The summed E-state index contributed by atoms with van der Waals surface area (Å²) in [5.74, 6) is 0.442. The van der Waals surface area contributed by atoms with Crippen LogP contribution in [0, 0.1) is 6.07 Å². The van der Waals surface area contributed by atoms with E-state index >= 15 is 0 Å². The van der Waals surface area contributed by atoms with E-state index in [1.165, 1.54) is 6.92 Å². The van der Waals surface area contributed by atoms with E-state index in [1.807, 2.05) is 12.1 Å². The molecule has 1 radical (unpaired) electrons. The summed E-state index contributed by atoms with van der Waals surface area (Å²) < 4.78 is 9.94. The van der Waals surface area contributed by atoms with Crippen molar-refractivity contribution < 1.29 is 14.3 Å². The maximum atomic E-state index is 10.4. The molecule has 0 aromatic heterocycles. The van der Waals surface area contributed by atoms with Gasteiger partial charge in [-0.25, -0.2) is 0 Å².